The van der Waals surface area contributed by atoms with Crippen molar-refractivity contribution in [3.8, 4) is 0 Å². The molecule has 1 rings (SSSR count). The second-order valence-electron chi connectivity index (χ2n) is 3.99. The molecule has 0 radical (unpaired) electrons. The molecule has 1 aliphatic heterocycles. The highest BCUT2D eigenvalue weighted by Gasteiger charge is 2.24. The summed E-state index contributed by atoms with van der Waals surface area (Å²) in [6, 6.07) is 0. The predicted molar refractivity (Wildman–Crippen MR) is 56.2 cm³/mol. The standard InChI is InChI=1S/C11H19NO2/c1-3-9(2)8-12-6-4-10(5-7-12)11(13)14/h10H,2-8H2,1H3,(H,13,14). The molecule has 0 unspecified atom stereocenters. The van der Waals surface area contributed by atoms with E-state index in [0.717, 1.165) is 38.9 Å². The van der Waals surface area contributed by atoms with Crippen molar-refractivity contribution in [3.05, 3.63) is 12.2 Å². The van der Waals surface area contributed by atoms with Crippen LogP contribution < -0.4 is 0 Å². The number of piperidine rings is 1. The average Bonchev–Trinajstić information content (AvgIpc) is 2.18. The minimum absolute atomic E-state index is 0.124. The topological polar surface area (TPSA) is 40.5 Å². The van der Waals surface area contributed by atoms with E-state index in [9.17, 15) is 4.79 Å². The van der Waals surface area contributed by atoms with Gasteiger partial charge in [0.15, 0.2) is 0 Å². The molecule has 14 heavy (non-hydrogen) atoms. The van der Waals surface area contributed by atoms with E-state index in [1.54, 1.807) is 0 Å². The van der Waals surface area contributed by atoms with Crippen molar-refractivity contribution in [1.29, 1.82) is 0 Å². The number of rotatable bonds is 4. The smallest absolute Gasteiger partial charge is 0.306 e. The first kappa shape index (κ1) is 11.2. The molecule has 1 fully saturated rings. The molecule has 3 heteroatoms. The Hall–Kier alpha value is -0.830. The SMILES string of the molecule is C=C(CC)CN1CCC(C(=O)O)CC1. The molecule has 0 bridgehead atoms. The van der Waals surface area contributed by atoms with Gasteiger partial charge >= 0.3 is 5.97 Å². The Morgan fingerprint density at radius 3 is 2.50 bits per heavy atom. The Balaban J connectivity index is 2.29. The van der Waals surface area contributed by atoms with Crippen LogP contribution in [0, 0.1) is 5.92 Å². The van der Waals surface area contributed by atoms with Crippen molar-refractivity contribution in [3.63, 3.8) is 0 Å². The van der Waals surface area contributed by atoms with Crippen molar-refractivity contribution >= 4 is 5.97 Å². The van der Waals surface area contributed by atoms with E-state index in [1.165, 1.54) is 5.57 Å². The molecule has 0 aromatic carbocycles. The molecule has 3 nitrogen and oxygen atoms in total. The molecule has 80 valence electrons. The lowest BCUT2D eigenvalue weighted by atomic mass is 9.97. The second-order valence-corrected chi connectivity index (χ2v) is 3.99. The van der Waals surface area contributed by atoms with Crippen LogP contribution in [0.3, 0.4) is 0 Å². The van der Waals surface area contributed by atoms with Gasteiger partial charge in [0.1, 0.15) is 0 Å². The van der Waals surface area contributed by atoms with Gasteiger partial charge in [-0.25, -0.2) is 0 Å². The highest BCUT2D eigenvalue weighted by atomic mass is 16.4. The number of aliphatic carboxylic acids is 1. The number of carbonyl (C=O) groups is 1. The molecule has 1 saturated heterocycles. The van der Waals surface area contributed by atoms with Crippen molar-refractivity contribution < 1.29 is 9.90 Å². The summed E-state index contributed by atoms with van der Waals surface area (Å²) in [5, 5.41) is 8.82. The Morgan fingerprint density at radius 2 is 2.07 bits per heavy atom. The van der Waals surface area contributed by atoms with Crippen LogP contribution in [0.5, 0.6) is 0 Å². The molecule has 1 N–H and O–H groups in total. The van der Waals surface area contributed by atoms with Crippen LogP contribution in [-0.4, -0.2) is 35.6 Å². The molecule has 0 atom stereocenters. The summed E-state index contributed by atoms with van der Waals surface area (Å²) < 4.78 is 0. The van der Waals surface area contributed by atoms with Crippen LogP contribution in [0.4, 0.5) is 0 Å². The lowest BCUT2D eigenvalue weighted by Gasteiger charge is -2.30. The van der Waals surface area contributed by atoms with Gasteiger partial charge in [-0.05, 0) is 32.4 Å². The maximum Gasteiger partial charge on any atom is 0.306 e. The zero-order chi connectivity index (χ0) is 10.6. The minimum Gasteiger partial charge on any atom is -0.481 e. The molecule has 0 saturated carbocycles. The summed E-state index contributed by atoms with van der Waals surface area (Å²) in [5.41, 5.74) is 1.23. The molecular formula is C11H19NO2. The van der Waals surface area contributed by atoms with Crippen LogP contribution in [-0.2, 0) is 4.79 Å². The molecular weight excluding hydrogens is 178 g/mol. The Bertz CT molecular complexity index is 217. The quantitative estimate of drug-likeness (QED) is 0.698. The Morgan fingerprint density at radius 1 is 1.50 bits per heavy atom. The number of hydrogen-bond acceptors (Lipinski definition) is 2. The molecule has 0 aromatic rings. The Kier molecular flexibility index (Phi) is 4.14. The van der Waals surface area contributed by atoms with E-state index in [-0.39, 0.29) is 5.92 Å². The van der Waals surface area contributed by atoms with E-state index in [2.05, 4.69) is 18.4 Å². The molecule has 0 aromatic heterocycles. The van der Waals surface area contributed by atoms with Gasteiger partial charge in [-0.15, -0.1) is 0 Å². The highest BCUT2D eigenvalue weighted by Crippen LogP contribution is 2.18. The highest BCUT2D eigenvalue weighted by molar-refractivity contribution is 5.70. The van der Waals surface area contributed by atoms with Crippen LogP contribution in [0.1, 0.15) is 26.2 Å². The lowest BCUT2D eigenvalue weighted by molar-refractivity contribution is -0.143. The largest absolute Gasteiger partial charge is 0.481 e. The van der Waals surface area contributed by atoms with Gasteiger partial charge in [-0.2, -0.15) is 0 Å². The Labute approximate surface area is 85.4 Å². The molecule has 1 aliphatic rings. The van der Waals surface area contributed by atoms with Gasteiger partial charge in [-0.1, -0.05) is 19.1 Å². The second kappa shape index (κ2) is 5.15. The number of likely N-dealkylation sites (tertiary alicyclic amines) is 1. The van der Waals surface area contributed by atoms with Gasteiger partial charge in [0, 0.05) is 6.54 Å². The van der Waals surface area contributed by atoms with Crippen LogP contribution in [0.15, 0.2) is 12.2 Å². The third kappa shape index (κ3) is 3.14. The maximum atomic E-state index is 10.7. The molecule has 0 amide bonds. The van der Waals surface area contributed by atoms with Gasteiger partial charge in [-0.3, -0.25) is 9.69 Å². The summed E-state index contributed by atoms with van der Waals surface area (Å²) in [4.78, 5) is 13.0. The van der Waals surface area contributed by atoms with Gasteiger partial charge < -0.3 is 5.11 Å². The fraction of sp³-hybridized carbons (Fsp3) is 0.727. The van der Waals surface area contributed by atoms with Gasteiger partial charge in [0.25, 0.3) is 0 Å². The van der Waals surface area contributed by atoms with Crippen molar-refractivity contribution in [2.75, 3.05) is 19.6 Å². The van der Waals surface area contributed by atoms with E-state index in [1.807, 2.05) is 0 Å². The van der Waals surface area contributed by atoms with Gasteiger partial charge in [0.05, 0.1) is 5.92 Å². The fourth-order valence-corrected chi connectivity index (χ4v) is 1.77. The van der Waals surface area contributed by atoms with Crippen molar-refractivity contribution in [2.45, 2.75) is 26.2 Å². The first-order chi connectivity index (χ1) is 6.63. The van der Waals surface area contributed by atoms with E-state index in [0.29, 0.717) is 0 Å². The average molecular weight is 197 g/mol. The summed E-state index contributed by atoms with van der Waals surface area (Å²) in [5.74, 6) is -0.764. The van der Waals surface area contributed by atoms with Crippen LogP contribution in [0.2, 0.25) is 0 Å². The first-order valence-corrected chi connectivity index (χ1v) is 5.25. The van der Waals surface area contributed by atoms with E-state index >= 15 is 0 Å². The van der Waals surface area contributed by atoms with Crippen molar-refractivity contribution in [2.24, 2.45) is 5.92 Å². The maximum absolute atomic E-state index is 10.7. The third-order valence-corrected chi connectivity index (χ3v) is 2.88. The molecule has 0 spiro atoms. The predicted octanol–water partition coefficient (Wildman–Crippen LogP) is 1.75. The summed E-state index contributed by atoms with van der Waals surface area (Å²) in [7, 11) is 0. The van der Waals surface area contributed by atoms with E-state index < -0.39 is 5.97 Å². The normalized spacial score (nSPS) is 19.5. The number of carboxylic acids is 1. The zero-order valence-electron chi connectivity index (χ0n) is 8.83. The minimum atomic E-state index is -0.640. The van der Waals surface area contributed by atoms with Gasteiger partial charge in [0.2, 0.25) is 0 Å². The number of carboxylic acid groups (broad SMARTS) is 1. The summed E-state index contributed by atoms with van der Waals surface area (Å²) in [6.45, 7) is 8.80. The fourth-order valence-electron chi connectivity index (χ4n) is 1.77. The molecule has 1 heterocycles. The number of hydrogen-bond donors (Lipinski definition) is 1. The van der Waals surface area contributed by atoms with Crippen LogP contribution in [0.25, 0.3) is 0 Å². The molecule has 0 aliphatic carbocycles. The first-order valence-electron chi connectivity index (χ1n) is 5.25. The zero-order valence-corrected chi connectivity index (χ0v) is 8.83. The third-order valence-electron chi connectivity index (χ3n) is 2.88. The number of nitrogens with zero attached hydrogens (tertiary/aromatic N) is 1. The summed E-state index contributed by atoms with van der Waals surface area (Å²) in [6.07, 6.45) is 2.58. The van der Waals surface area contributed by atoms with E-state index in [4.69, 9.17) is 5.11 Å². The lowest BCUT2D eigenvalue weighted by Crippen LogP contribution is -2.37. The van der Waals surface area contributed by atoms with Crippen LogP contribution >= 0.6 is 0 Å². The summed E-state index contributed by atoms with van der Waals surface area (Å²) >= 11 is 0. The van der Waals surface area contributed by atoms with Crippen molar-refractivity contribution in [1.82, 2.24) is 4.90 Å². The monoisotopic (exact) mass is 197 g/mol.